The number of carbonyl (C=O) groups is 1. The fourth-order valence-corrected chi connectivity index (χ4v) is 8.33. The molecule has 3 N–H and O–H groups in total. The summed E-state index contributed by atoms with van der Waals surface area (Å²) < 4.78 is 23.7. The normalized spacial score (nSPS) is 15.0. The Morgan fingerprint density at radius 2 is 0.803 bits per heavy atom. The zero-order valence-corrected chi connectivity index (χ0v) is 49.8. The molecule has 0 rings (SSSR count). The molecule has 0 aliphatic carbocycles. The average Bonchev–Trinajstić information content (AvgIpc) is 3.38. The predicted octanol–water partition coefficient (Wildman–Crippen LogP) is 18.6. The van der Waals surface area contributed by atoms with Gasteiger partial charge in [0.2, 0.25) is 5.91 Å². The first-order valence-corrected chi connectivity index (χ1v) is 31.4. The van der Waals surface area contributed by atoms with Gasteiger partial charge in [-0.2, -0.15) is 0 Å². The first kappa shape index (κ1) is 72.1. The smallest absolute Gasteiger partial charge is 0.387 e. The number of hydrogen-bond donors (Lipinski definition) is 3. The van der Waals surface area contributed by atoms with Crippen LogP contribution in [-0.4, -0.2) is 73.4 Å². The minimum atomic E-state index is -4.38. The van der Waals surface area contributed by atoms with E-state index in [-0.39, 0.29) is 19.1 Å². The highest BCUT2D eigenvalue weighted by molar-refractivity contribution is 7.47. The molecule has 0 heterocycles. The molecule has 0 saturated heterocycles. The van der Waals surface area contributed by atoms with Gasteiger partial charge in [-0.15, -0.1) is 0 Å². The van der Waals surface area contributed by atoms with Gasteiger partial charge in [0, 0.05) is 6.42 Å². The summed E-state index contributed by atoms with van der Waals surface area (Å²) in [5, 5.41) is 13.9. The van der Waals surface area contributed by atoms with E-state index in [9.17, 15) is 19.4 Å². The molecule has 1 amide bonds. The molecule has 0 aliphatic heterocycles. The number of aliphatic hydroxyl groups excluding tert-OH is 1. The van der Waals surface area contributed by atoms with Crippen LogP contribution < -0.4 is 5.32 Å². The first-order valence-electron chi connectivity index (χ1n) is 29.9. The fourth-order valence-electron chi connectivity index (χ4n) is 7.59. The molecular weight excluding hydrogens is 960 g/mol. The van der Waals surface area contributed by atoms with Gasteiger partial charge in [0.05, 0.1) is 39.9 Å². The Balaban J connectivity index is 4.31. The molecule has 0 radical (unpaired) electrons. The first-order chi connectivity index (χ1) is 37.0. The lowest BCUT2D eigenvalue weighted by Gasteiger charge is -2.25. The summed E-state index contributed by atoms with van der Waals surface area (Å²) in [7, 11) is 1.51. The number of quaternary nitrogens is 1. The summed E-state index contributed by atoms with van der Waals surface area (Å²) in [6.07, 6.45) is 87.8. The average molecular weight is 1070 g/mol. The van der Waals surface area contributed by atoms with Gasteiger partial charge in [-0.05, 0) is 116 Å². The number of carbonyl (C=O) groups excluding carboxylic acids is 1. The third-order valence-electron chi connectivity index (χ3n) is 12.2. The summed E-state index contributed by atoms with van der Waals surface area (Å²) in [6.45, 7) is 4.63. The molecule has 9 heteroatoms. The lowest BCUT2D eigenvalue weighted by molar-refractivity contribution is -0.870. The number of unbranched alkanes of at least 4 members (excludes halogenated alkanes) is 15. The van der Waals surface area contributed by atoms with Crippen molar-refractivity contribution in [1.29, 1.82) is 0 Å². The van der Waals surface area contributed by atoms with Crippen molar-refractivity contribution in [3.8, 4) is 0 Å². The van der Waals surface area contributed by atoms with E-state index in [1.165, 1.54) is 70.6 Å². The molecule has 0 aliphatic rings. The number of hydrogen-bond acceptors (Lipinski definition) is 5. The van der Waals surface area contributed by atoms with Crippen LogP contribution in [0.5, 0.6) is 0 Å². The number of nitrogens with one attached hydrogen (secondary N) is 1. The molecule has 0 saturated carbocycles. The minimum absolute atomic E-state index is 0.0405. The lowest BCUT2D eigenvalue weighted by atomic mass is 10.1. The molecule has 0 aromatic carbocycles. The summed E-state index contributed by atoms with van der Waals surface area (Å²) in [5.41, 5.74) is 0. The Labute approximate surface area is 467 Å². The number of aliphatic hydroxyl groups is 1. The Morgan fingerprint density at radius 1 is 0.461 bits per heavy atom. The largest absolute Gasteiger partial charge is 0.472 e. The van der Waals surface area contributed by atoms with Gasteiger partial charge in [0.15, 0.2) is 0 Å². The maximum absolute atomic E-state index is 13.0. The number of likely N-dealkylation sites (N-methyl/N-ethyl adjacent to an activating group) is 1. The van der Waals surface area contributed by atoms with E-state index in [1.54, 1.807) is 6.08 Å². The van der Waals surface area contributed by atoms with E-state index in [2.05, 4.69) is 165 Å². The van der Waals surface area contributed by atoms with Crippen LogP contribution in [0.15, 0.2) is 158 Å². The van der Waals surface area contributed by atoms with Crippen molar-refractivity contribution >= 4 is 13.7 Å². The third-order valence-corrected chi connectivity index (χ3v) is 13.2. The van der Waals surface area contributed by atoms with Crippen LogP contribution in [0.3, 0.4) is 0 Å². The Hall–Kier alpha value is -3.88. The highest BCUT2D eigenvalue weighted by atomic mass is 31.2. The molecule has 0 aromatic heterocycles. The van der Waals surface area contributed by atoms with Crippen molar-refractivity contribution in [3.05, 3.63) is 158 Å². The van der Waals surface area contributed by atoms with Gasteiger partial charge in [0.25, 0.3) is 0 Å². The van der Waals surface area contributed by atoms with E-state index < -0.39 is 20.0 Å². The zero-order valence-electron chi connectivity index (χ0n) is 48.9. The quantitative estimate of drug-likeness (QED) is 0.0243. The van der Waals surface area contributed by atoms with Crippen molar-refractivity contribution in [2.75, 3.05) is 40.9 Å². The van der Waals surface area contributed by atoms with Crippen molar-refractivity contribution in [2.45, 2.75) is 219 Å². The van der Waals surface area contributed by atoms with Crippen molar-refractivity contribution < 1.29 is 32.9 Å². The molecule has 3 unspecified atom stereocenters. The van der Waals surface area contributed by atoms with E-state index >= 15 is 0 Å². The summed E-state index contributed by atoms with van der Waals surface area (Å²) >= 11 is 0. The van der Waals surface area contributed by atoms with Gasteiger partial charge in [-0.1, -0.05) is 242 Å². The van der Waals surface area contributed by atoms with Gasteiger partial charge >= 0.3 is 7.82 Å². The SMILES string of the molecule is CC/C=C\C/C=C\C/C=C\C/C=C\C/C=C\C/C=C\C/C=C\C/C=C\C/C=C\C/C=C\C/C=C\CCCCCC(=O)NC(COP(=O)(O)OCC[N+](C)(C)C)C(O)/C=C/CC/C=C/CCCCCCCCCCCCC. The highest BCUT2D eigenvalue weighted by Gasteiger charge is 2.27. The number of phosphoric ester groups is 1. The second kappa shape index (κ2) is 55.9. The number of amides is 1. The van der Waals surface area contributed by atoms with Gasteiger partial charge in [0.1, 0.15) is 13.2 Å². The van der Waals surface area contributed by atoms with Gasteiger partial charge in [-0.25, -0.2) is 4.57 Å². The molecule has 0 aromatic rings. The Kier molecular flexibility index (Phi) is 53.0. The van der Waals surface area contributed by atoms with Gasteiger partial charge < -0.3 is 19.8 Å². The van der Waals surface area contributed by atoms with E-state index in [1.807, 2.05) is 27.2 Å². The topological polar surface area (TPSA) is 105 Å². The van der Waals surface area contributed by atoms with Crippen molar-refractivity contribution in [3.63, 3.8) is 0 Å². The minimum Gasteiger partial charge on any atom is -0.387 e. The van der Waals surface area contributed by atoms with Crippen LogP contribution in [0.1, 0.15) is 206 Å². The maximum Gasteiger partial charge on any atom is 0.472 e. The summed E-state index contributed by atoms with van der Waals surface area (Å²) in [5.74, 6) is -0.226. The number of allylic oxidation sites excluding steroid dienone is 25. The standard InChI is InChI=1S/C67H111N2O6P/c1-6-8-10-12-14-16-18-20-22-24-25-26-27-28-29-30-31-32-33-34-35-36-37-38-39-40-41-42-43-45-47-49-51-53-55-57-59-61-67(71)68-65(64-75-76(72,73)74-63-62-69(3,4)5)66(70)60-58-56-54-52-50-48-46-44-23-21-19-17-15-13-11-9-7-2/h8,10,14,16,20,22,25-26,28-29,31-32,34-35,37-38,40-41,43,45,49-52,58,60,65-66,70H,6-7,9,11-13,15,17-19,21,23-24,27,30,33,36,39,42,44,46-48,53-57,59,61-64H2,1-5H3,(H-,68,71,72,73)/p+1/b10-8-,16-14-,22-20-,26-25-,29-28-,32-31-,35-34-,38-37-,41-40-,45-43-,51-49-,52-50+,60-58+. The fraction of sp³-hybridized carbons (Fsp3) is 0.597. The summed E-state index contributed by atoms with van der Waals surface area (Å²) in [4.78, 5) is 23.3. The van der Waals surface area contributed by atoms with Crippen LogP contribution in [-0.2, 0) is 18.4 Å². The second-order valence-electron chi connectivity index (χ2n) is 20.6. The molecule has 0 spiro atoms. The number of rotatable bonds is 52. The molecule has 0 fully saturated rings. The van der Waals surface area contributed by atoms with Crippen LogP contribution in [0, 0.1) is 0 Å². The summed E-state index contributed by atoms with van der Waals surface area (Å²) in [6, 6.07) is -0.894. The monoisotopic (exact) mass is 1070 g/mol. The van der Waals surface area contributed by atoms with Crippen LogP contribution in [0.4, 0.5) is 0 Å². The van der Waals surface area contributed by atoms with Crippen LogP contribution >= 0.6 is 7.82 Å². The number of phosphoric acid groups is 1. The van der Waals surface area contributed by atoms with Gasteiger partial charge in [-0.3, -0.25) is 13.8 Å². The van der Waals surface area contributed by atoms with E-state index in [4.69, 9.17) is 9.05 Å². The highest BCUT2D eigenvalue weighted by Crippen LogP contribution is 2.43. The zero-order chi connectivity index (χ0) is 55.6. The van der Waals surface area contributed by atoms with Crippen LogP contribution in [0.25, 0.3) is 0 Å². The van der Waals surface area contributed by atoms with Crippen LogP contribution in [0.2, 0.25) is 0 Å². The predicted molar refractivity (Wildman–Crippen MR) is 331 cm³/mol. The molecule has 76 heavy (non-hydrogen) atoms. The van der Waals surface area contributed by atoms with Crippen molar-refractivity contribution in [1.82, 2.24) is 5.32 Å². The lowest BCUT2D eigenvalue weighted by Crippen LogP contribution is -2.45. The van der Waals surface area contributed by atoms with E-state index in [0.29, 0.717) is 23.9 Å². The van der Waals surface area contributed by atoms with E-state index in [0.717, 1.165) is 109 Å². The van der Waals surface area contributed by atoms with Crippen molar-refractivity contribution in [2.24, 2.45) is 0 Å². The Bertz CT molecular complexity index is 1790. The molecular formula is C67H112N2O6P+. The maximum atomic E-state index is 13.0. The molecule has 3 atom stereocenters. The third kappa shape index (κ3) is 57.8. The Morgan fingerprint density at radius 3 is 1.21 bits per heavy atom. The molecule has 0 bridgehead atoms. The molecule has 8 nitrogen and oxygen atoms in total. The second-order valence-corrected chi connectivity index (χ2v) is 22.1. The number of nitrogens with zero attached hydrogens (tertiary/aromatic N) is 1. The molecule has 430 valence electrons.